The smallest absolute Gasteiger partial charge is 0.302 e. The van der Waals surface area contributed by atoms with Crippen molar-refractivity contribution < 1.29 is 9.53 Å². The molecule has 1 unspecified atom stereocenters. The van der Waals surface area contributed by atoms with Gasteiger partial charge in [-0.3, -0.25) is 9.79 Å². The van der Waals surface area contributed by atoms with Gasteiger partial charge in [-0.2, -0.15) is 0 Å². The monoisotopic (exact) mass is 323 g/mol. The van der Waals surface area contributed by atoms with Gasteiger partial charge >= 0.3 is 5.97 Å². The Morgan fingerprint density at radius 1 is 1.12 bits per heavy atom. The zero-order valence-electron chi connectivity index (χ0n) is 14.8. The fourth-order valence-corrected chi connectivity index (χ4v) is 3.70. The Bertz CT molecular complexity index is 794. The third-order valence-corrected chi connectivity index (χ3v) is 5.17. The third-order valence-electron chi connectivity index (χ3n) is 5.17. The summed E-state index contributed by atoms with van der Waals surface area (Å²) in [5.41, 5.74) is 3.69. The summed E-state index contributed by atoms with van der Waals surface area (Å²) in [7, 11) is 0. The lowest BCUT2D eigenvalue weighted by Gasteiger charge is -2.27. The molecule has 0 fully saturated rings. The quantitative estimate of drug-likeness (QED) is 0.532. The molecule has 24 heavy (non-hydrogen) atoms. The molecule has 0 radical (unpaired) electrons. The van der Waals surface area contributed by atoms with Crippen LogP contribution in [-0.4, -0.2) is 18.3 Å². The molecule has 1 aliphatic rings. The van der Waals surface area contributed by atoms with Gasteiger partial charge in [0.15, 0.2) is 0 Å². The minimum absolute atomic E-state index is 0.00235. The van der Waals surface area contributed by atoms with E-state index in [9.17, 15) is 4.79 Å². The number of rotatable bonds is 6. The van der Waals surface area contributed by atoms with E-state index < -0.39 is 0 Å². The second kappa shape index (κ2) is 6.76. The fourth-order valence-electron chi connectivity index (χ4n) is 3.70. The molecule has 2 aromatic carbocycles. The van der Waals surface area contributed by atoms with E-state index in [-0.39, 0.29) is 11.4 Å². The predicted octanol–water partition coefficient (Wildman–Crippen LogP) is 5.33. The molecule has 3 rings (SSSR count). The number of benzene rings is 2. The summed E-state index contributed by atoms with van der Waals surface area (Å²) in [6.07, 6.45) is 4.17. The van der Waals surface area contributed by atoms with Crippen molar-refractivity contribution in [3.05, 3.63) is 42.0 Å². The molecule has 0 saturated carbocycles. The second-order valence-electron chi connectivity index (χ2n) is 6.86. The van der Waals surface area contributed by atoms with E-state index in [4.69, 9.17) is 9.73 Å². The number of ether oxygens (including phenoxy) is 1. The Morgan fingerprint density at radius 3 is 2.71 bits per heavy atom. The number of unbranched alkanes of at least 4 members (excludes halogenated alkanes) is 2. The molecule has 0 amide bonds. The summed E-state index contributed by atoms with van der Waals surface area (Å²) < 4.78 is 5.01. The SMILES string of the molecule is CC(=O)OCCCCCC1(C)C(C)=Nc2ccc3ccccc3c21. The maximum Gasteiger partial charge on any atom is 0.302 e. The highest BCUT2D eigenvalue weighted by molar-refractivity contribution is 6.06. The topological polar surface area (TPSA) is 38.7 Å². The Morgan fingerprint density at radius 2 is 1.92 bits per heavy atom. The maximum absolute atomic E-state index is 10.8. The van der Waals surface area contributed by atoms with Crippen molar-refractivity contribution >= 4 is 28.1 Å². The number of nitrogens with zero attached hydrogens (tertiary/aromatic N) is 1. The zero-order valence-corrected chi connectivity index (χ0v) is 14.8. The van der Waals surface area contributed by atoms with Gasteiger partial charge in [-0.05, 0) is 42.2 Å². The summed E-state index contributed by atoms with van der Waals surface area (Å²) in [5, 5.41) is 2.60. The highest BCUT2D eigenvalue weighted by Gasteiger charge is 2.37. The Balaban J connectivity index is 1.75. The first kappa shape index (κ1) is 16.7. The molecule has 3 heteroatoms. The van der Waals surface area contributed by atoms with Crippen molar-refractivity contribution in [3.63, 3.8) is 0 Å². The lowest BCUT2D eigenvalue weighted by atomic mass is 9.74. The highest BCUT2D eigenvalue weighted by Crippen LogP contribution is 2.46. The summed E-state index contributed by atoms with van der Waals surface area (Å²) >= 11 is 0. The van der Waals surface area contributed by atoms with E-state index in [1.54, 1.807) is 0 Å². The summed E-state index contributed by atoms with van der Waals surface area (Å²) in [5.74, 6) is -0.193. The molecule has 0 bridgehead atoms. The molecule has 1 aliphatic heterocycles. The van der Waals surface area contributed by atoms with E-state index in [0.29, 0.717) is 6.61 Å². The van der Waals surface area contributed by atoms with Crippen molar-refractivity contribution in [2.24, 2.45) is 4.99 Å². The summed E-state index contributed by atoms with van der Waals surface area (Å²) in [6.45, 7) is 6.45. The number of carbonyl (C=O) groups excluding carboxylic acids is 1. The number of fused-ring (bicyclic) bond motifs is 3. The van der Waals surface area contributed by atoms with Gasteiger partial charge in [0.25, 0.3) is 0 Å². The second-order valence-corrected chi connectivity index (χ2v) is 6.86. The first-order valence-electron chi connectivity index (χ1n) is 8.74. The van der Waals surface area contributed by atoms with Crippen LogP contribution in [0.25, 0.3) is 10.8 Å². The first-order valence-corrected chi connectivity index (χ1v) is 8.74. The van der Waals surface area contributed by atoms with Crippen LogP contribution < -0.4 is 0 Å². The normalized spacial score (nSPS) is 19.2. The zero-order chi connectivity index (χ0) is 17.2. The van der Waals surface area contributed by atoms with E-state index in [1.807, 2.05) is 0 Å². The van der Waals surface area contributed by atoms with E-state index in [0.717, 1.165) is 31.4 Å². The Labute approximate surface area is 143 Å². The van der Waals surface area contributed by atoms with Crippen molar-refractivity contribution in [2.45, 2.75) is 51.9 Å². The molecule has 1 atom stereocenters. The molecule has 126 valence electrons. The van der Waals surface area contributed by atoms with Crippen LogP contribution in [0.2, 0.25) is 0 Å². The van der Waals surface area contributed by atoms with Gasteiger partial charge in [-0.1, -0.05) is 50.1 Å². The predicted molar refractivity (Wildman–Crippen MR) is 99.2 cm³/mol. The minimum atomic E-state index is -0.193. The van der Waals surface area contributed by atoms with Gasteiger partial charge in [0.2, 0.25) is 0 Å². The van der Waals surface area contributed by atoms with Crippen molar-refractivity contribution in [2.75, 3.05) is 6.61 Å². The summed E-state index contributed by atoms with van der Waals surface area (Å²) in [4.78, 5) is 15.6. The lowest BCUT2D eigenvalue weighted by Crippen LogP contribution is -2.27. The number of aliphatic imine (C=N–C) groups is 1. The molecule has 2 aromatic rings. The molecule has 0 aromatic heterocycles. The average Bonchev–Trinajstić information content (AvgIpc) is 2.82. The summed E-state index contributed by atoms with van der Waals surface area (Å²) in [6, 6.07) is 12.9. The van der Waals surface area contributed by atoms with Crippen LogP contribution in [0.4, 0.5) is 5.69 Å². The lowest BCUT2D eigenvalue weighted by molar-refractivity contribution is -0.141. The molecular formula is C21H25NO2. The van der Waals surface area contributed by atoms with E-state index in [2.05, 4.69) is 50.2 Å². The van der Waals surface area contributed by atoms with Crippen molar-refractivity contribution in [1.82, 2.24) is 0 Å². The van der Waals surface area contributed by atoms with Crippen LogP contribution in [0.3, 0.4) is 0 Å². The van der Waals surface area contributed by atoms with Crippen LogP contribution in [0.5, 0.6) is 0 Å². The minimum Gasteiger partial charge on any atom is -0.466 e. The average molecular weight is 323 g/mol. The van der Waals surface area contributed by atoms with Crippen LogP contribution in [0, 0.1) is 0 Å². The van der Waals surface area contributed by atoms with Crippen LogP contribution in [0.1, 0.15) is 52.0 Å². The molecule has 0 N–H and O–H groups in total. The Hall–Kier alpha value is -2.16. The fraction of sp³-hybridized carbons (Fsp3) is 0.429. The van der Waals surface area contributed by atoms with Gasteiger partial charge in [0.1, 0.15) is 0 Å². The van der Waals surface area contributed by atoms with Gasteiger partial charge in [0, 0.05) is 18.1 Å². The number of hydrogen-bond acceptors (Lipinski definition) is 3. The maximum atomic E-state index is 10.8. The standard InChI is InChI=1S/C21H25NO2/c1-15-21(3,13-7-4-8-14-24-16(2)23)20-18-10-6-5-9-17(18)11-12-19(20)22-15/h5-6,9-12H,4,7-8,13-14H2,1-3H3. The van der Waals surface area contributed by atoms with Crippen LogP contribution in [0.15, 0.2) is 41.4 Å². The van der Waals surface area contributed by atoms with E-state index in [1.165, 1.54) is 29.0 Å². The molecule has 0 saturated heterocycles. The van der Waals surface area contributed by atoms with Gasteiger partial charge in [-0.15, -0.1) is 0 Å². The highest BCUT2D eigenvalue weighted by atomic mass is 16.5. The van der Waals surface area contributed by atoms with Gasteiger partial charge in [0.05, 0.1) is 12.3 Å². The molecular weight excluding hydrogens is 298 g/mol. The molecule has 1 heterocycles. The Kier molecular flexibility index (Phi) is 4.70. The van der Waals surface area contributed by atoms with Crippen LogP contribution >= 0.6 is 0 Å². The molecule has 0 aliphatic carbocycles. The molecule has 0 spiro atoms. The third kappa shape index (κ3) is 3.08. The largest absolute Gasteiger partial charge is 0.466 e. The number of carbonyl (C=O) groups is 1. The first-order chi connectivity index (χ1) is 11.5. The van der Waals surface area contributed by atoms with Gasteiger partial charge in [-0.25, -0.2) is 0 Å². The number of esters is 1. The van der Waals surface area contributed by atoms with Crippen molar-refractivity contribution in [3.8, 4) is 0 Å². The van der Waals surface area contributed by atoms with Crippen LogP contribution in [-0.2, 0) is 14.9 Å². The molecule has 3 nitrogen and oxygen atoms in total. The van der Waals surface area contributed by atoms with Crippen molar-refractivity contribution in [1.29, 1.82) is 0 Å². The number of hydrogen-bond donors (Lipinski definition) is 0. The van der Waals surface area contributed by atoms with E-state index >= 15 is 0 Å². The van der Waals surface area contributed by atoms with Gasteiger partial charge < -0.3 is 4.74 Å².